The van der Waals surface area contributed by atoms with Gasteiger partial charge in [0, 0.05) is 38.9 Å². The smallest absolute Gasteiger partial charge is 0.355 e. The maximum atomic E-state index is 13.1. The highest BCUT2D eigenvalue weighted by atomic mass is 32.2. The summed E-state index contributed by atoms with van der Waals surface area (Å²) in [5.74, 6) is 0.282. The molecule has 168 valence electrons. The molecule has 2 aliphatic rings. The minimum absolute atomic E-state index is 0.0319. The van der Waals surface area contributed by atoms with Crippen molar-refractivity contribution in [3.05, 3.63) is 23.9 Å². The number of amides is 1. The van der Waals surface area contributed by atoms with E-state index >= 15 is 0 Å². The quantitative estimate of drug-likeness (QED) is 0.691. The monoisotopic (exact) mass is 448 g/mol. The minimum Gasteiger partial charge on any atom is -0.355 e. The largest absolute Gasteiger partial charge is 0.417 e. The number of anilines is 1. The summed E-state index contributed by atoms with van der Waals surface area (Å²) < 4.78 is 64.5. The first kappa shape index (κ1) is 22.8. The van der Waals surface area contributed by atoms with E-state index < -0.39 is 27.8 Å². The lowest BCUT2D eigenvalue weighted by molar-refractivity contribution is -0.138. The Bertz CT molecular complexity index is 846. The van der Waals surface area contributed by atoms with Gasteiger partial charge in [0.1, 0.15) is 11.9 Å². The third kappa shape index (κ3) is 5.05. The summed E-state index contributed by atoms with van der Waals surface area (Å²) in [6, 6.07) is 1.69. The maximum Gasteiger partial charge on any atom is 0.417 e. The van der Waals surface area contributed by atoms with Crippen molar-refractivity contribution in [2.24, 2.45) is 0 Å². The summed E-state index contributed by atoms with van der Waals surface area (Å²) in [7, 11) is -3.45. The fraction of sp³-hybridized carbons (Fsp3) is 0.684. The average molecular weight is 449 g/mol. The van der Waals surface area contributed by atoms with Crippen LogP contribution in [0.2, 0.25) is 0 Å². The molecule has 0 radical (unpaired) electrons. The topological polar surface area (TPSA) is 73.8 Å². The minimum atomic E-state index is -4.43. The molecule has 1 aromatic heterocycles. The Kier molecular flexibility index (Phi) is 6.91. The number of rotatable bonds is 5. The molecule has 2 fully saturated rings. The fourth-order valence-corrected chi connectivity index (χ4v) is 5.75. The van der Waals surface area contributed by atoms with Crippen LogP contribution in [-0.2, 0) is 21.0 Å². The lowest BCUT2D eigenvalue weighted by Crippen LogP contribution is -2.49. The highest BCUT2D eigenvalue weighted by Crippen LogP contribution is 2.29. The first-order chi connectivity index (χ1) is 14.1. The molecule has 0 spiro atoms. The van der Waals surface area contributed by atoms with Gasteiger partial charge in [-0.3, -0.25) is 4.79 Å². The summed E-state index contributed by atoms with van der Waals surface area (Å²) in [6.07, 6.45) is -1.31. The second-order valence-corrected chi connectivity index (χ2v) is 9.69. The molecule has 0 aromatic carbocycles. The number of hydrogen-bond acceptors (Lipinski definition) is 5. The molecule has 7 nitrogen and oxygen atoms in total. The summed E-state index contributed by atoms with van der Waals surface area (Å²) in [5.41, 5.74) is -0.799. The first-order valence-corrected chi connectivity index (χ1v) is 11.8. The number of hydrogen-bond donors (Lipinski definition) is 0. The van der Waals surface area contributed by atoms with Crippen LogP contribution in [-0.4, -0.2) is 73.0 Å². The standard InChI is InChI=1S/C19H27F3N4O3S/c1-2-13-30(28,29)26-10-3-5-16(26)18(27)25-9-4-8-24(11-12-25)17-7-6-15(14-23-17)19(20,21)22/h6-7,14,16H,2-5,8-13H2,1H3. The molecular weight excluding hydrogens is 421 g/mol. The summed E-state index contributed by atoms with van der Waals surface area (Å²) in [4.78, 5) is 20.5. The van der Waals surface area contributed by atoms with E-state index in [2.05, 4.69) is 4.98 Å². The molecule has 0 saturated carbocycles. The molecule has 30 heavy (non-hydrogen) atoms. The Balaban J connectivity index is 1.65. The Hall–Kier alpha value is -1.88. The zero-order chi connectivity index (χ0) is 21.9. The van der Waals surface area contributed by atoms with E-state index in [1.54, 1.807) is 11.8 Å². The van der Waals surface area contributed by atoms with Gasteiger partial charge < -0.3 is 9.80 Å². The van der Waals surface area contributed by atoms with Crippen molar-refractivity contribution in [1.29, 1.82) is 0 Å². The third-order valence-electron chi connectivity index (χ3n) is 5.51. The van der Waals surface area contributed by atoms with Crippen LogP contribution in [0.25, 0.3) is 0 Å². The molecular formula is C19H27F3N4O3S. The van der Waals surface area contributed by atoms with Gasteiger partial charge >= 0.3 is 6.18 Å². The summed E-state index contributed by atoms with van der Waals surface area (Å²) in [6.45, 7) is 4.01. The molecule has 3 heterocycles. The van der Waals surface area contributed by atoms with Crippen molar-refractivity contribution < 1.29 is 26.4 Å². The Morgan fingerprint density at radius 1 is 1.13 bits per heavy atom. The number of alkyl halides is 3. The van der Waals surface area contributed by atoms with Crippen LogP contribution < -0.4 is 4.90 Å². The molecule has 11 heteroatoms. The number of carbonyl (C=O) groups is 1. The lowest BCUT2D eigenvalue weighted by atomic mass is 10.2. The number of aromatic nitrogens is 1. The second-order valence-electron chi connectivity index (χ2n) is 7.65. The van der Waals surface area contributed by atoms with Crippen molar-refractivity contribution in [3.63, 3.8) is 0 Å². The Morgan fingerprint density at radius 2 is 1.90 bits per heavy atom. The van der Waals surface area contributed by atoms with Gasteiger partial charge in [-0.2, -0.15) is 17.5 Å². The van der Waals surface area contributed by atoms with Gasteiger partial charge in [0.05, 0.1) is 11.3 Å². The van der Waals surface area contributed by atoms with Gasteiger partial charge in [-0.1, -0.05) is 6.92 Å². The Morgan fingerprint density at radius 3 is 2.53 bits per heavy atom. The molecule has 3 rings (SSSR count). The molecule has 0 bridgehead atoms. The van der Waals surface area contributed by atoms with Crippen LogP contribution in [0, 0.1) is 0 Å². The van der Waals surface area contributed by atoms with Crippen molar-refractivity contribution in [2.45, 2.75) is 44.8 Å². The zero-order valence-electron chi connectivity index (χ0n) is 16.9. The number of carbonyl (C=O) groups excluding carboxylic acids is 1. The van der Waals surface area contributed by atoms with Crippen LogP contribution in [0.15, 0.2) is 18.3 Å². The van der Waals surface area contributed by atoms with E-state index in [0.717, 1.165) is 12.3 Å². The first-order valence-electron chi connectivity index (χ1n) is 10.2. The van der Waals surface area contributed by atoms with E-state index in [4.69, 9.17) is 0 Å². The van der Waals surface area contributed by atoms with Crippen LogP contribution in [0.5, 0.6) is 0 Å². The maximum absolute atomic E-state index is 13.1. The number of pyridine rings is 1. The molecule has 1 atom stereocenters. The van der Waals surface area contributed by atoms with E-state index in [1.165, 1.54) is 10.4 Å². The molecule has 1 amide bonds. The predicted octanol–water partition coefficient (Wildman–Crippen LogP) is 2.34. The van der Waals surface area contributed by atoms with Crippen molar-refractivity contribution in [2.75, 3.05) is 43.4 Å². The number of halogens is 3. The van der Waals surface area contributed by atoms with Gasteiger partial charge in [-0.15, -0.1) is 0 Å². The molecule has 2 aliphatic heterocycles. The normalized spacial score (nSPS) is 21.7. The van der Waals surface area contributed by atoms with Crippen molar-refractivity contribution in [1.82, 2.24) is 14.2 Å². The number of nitrogens with zero attached hydrogens (tertiary/aromatic N) is 4. The molecule has 0 N–H and O–H groups in total. The predicted molar refractivity (Wildman–Crippen MR) is 106 cm³/mol. The van der Waals surface area contributed by atoms with Crippen molar-refractivity contribution >= 4 is 21.7 Å². The average Bonchev–Trinajstić information content (AvgIpc) is 3.06. The van der Waals surface area contributed by atoms with Gasteiger partial charge in [-0.05, 0) is 37.8 Å². The van der Waals surface area contributed by atoms with Crippen LogP contribution in [0.4, 0.5) is 19.0 Å². The lowest BCUT2D eigenvalue weighted by Gasteiger charge is -2.29. The van der Waals surface area contributed by atoms with Crippen LogP contribution in [0.3, 0.4) is 0 Å². The number of sulfonamides is 1. The van der Waals surface area contributed by atoms with Gasteiger partial charge in [0.25, 0.3) is 0 Å². The highest BCUT2D eigenvalue weighted by molar-refractivity contribution is 7.89. The molecule has 2 saturated heterocycles. The van der Waals surface area contributed by atoms with E-state index in [9.17, 15) is 26.4 Å². The second kappa shape index (κ2) is 9.09. The van der Waals surface area contributed by atoms with Crippen LogP contribution in [0.1, 0.15) is 38.2 Å². The highest BCUT2D eigenvalue weighted by Gasteiger charge is 2.40. The van der Waals surface area contributed by atoms with Crippen LogP contribution >= 0.6 is 0 Å². The Labute approximate surface area is 174 Å². The molecule has 1 unspecified atom stereocenters. The summed E-state index contributed by atoms with van der Waals surface area (Å²) >= 11 is 0. The zero-order valence-corrected chi connectivity index (χ0v) is 17.8. The van der Waals surface area contributed by atoms with E-state index in [-0.39, 0.29) is 11.7 Å². The molecule has 0 aliphatic carbocycles. The van der Waals surface area contributed by atoms with E-state index in [0.29, 0.717) is 64.2 Å². The van der Waals surface area contributed by atoms with Gasteiger partial charge in [0.2, 0.25) is 15.9 Å². The summed E-state index contributed by atoms with van der Waals surface area (Å²) in [5, 5.41) is 0. The fourth-order valence-electron chi connectivity index (χ4n) is 4.01. The SMILES string of the molecule is CCCS(=O)(=O)N1CCCC1C(=O)N1CCCN(c2ccc(C(F)(F)F)cn2)CC1. The third-order valence-corrected chi connectivity index (χ3v) is 7.59. The van der Waals surface area contributed by atoms with Gasteiger partial charge in [-0.25, -0.2) is 13.4 Å². The van der Waals surface area contributed by atoms with E-state index in [1.807, 2.05) is 4.90 Å². The van der Waals surface area contributed by atoms with Gasteiger partial charge in [0.15, 0.2) is 0 Å². The molecule has 1 aromatic rings. The van der Waals surface area contributed by atoms with Crippen molar-refractivity contribution in [3.8, 4) is 0 Å².